The lowest BCUT2D eigenvalue weighted by Crippen LogP contribution is -2.48. The van der Waals surface area contributed by atoms with Crippen molar-refractivity contribution >= 4 is 11.8 Å². The molecule has 0 saturated heterocycles. The van der Waals surface area contributed by atoms with Crippen LogP contribution in [0, 0.1) is 5.92 Å². The molecule has 2 amide bonds. The fourth-order valence-corrected chi connectivity index (χ4v) is 2.29. The highest BCUT2D eigenvalue weighted by Crippen LogP contribution is 2.05. The number of amides is 2. The third-order valence-electron chi connectivity index (χ3n) is 3.74. The molecule has 1 N–H and O–H groups in total. The molecule has 0 aliphatic carbocycles. The Morgan fingerprint density at radius 1 is 1.24 bits per heavy atom. The van der Waals surface area contributed by atoms with Gasteiger partial charge in [-0.1, -0.05) is 44.2 Å². The van der Waals surface area contributed by atoms with E-state index in [0.29, 0.717) is 25.3 Å². The zero-order valence-corrected chi connectivity index (χ0v) is 14.8. The van der Waals surface area contributed by atoms with E-state index < -0.39 is 0 Å². The topological polar surface area (TPSA) is 80.1 Å². The van der Waals surface area contributed by atoms with Gasteiger partial charge in [0.15, 0.2) is 0 Å². The van der Waals surface area contributed by atoms with E-state index in [9.17, 15) is 9.59 Å². The maximum absolute atomic E-state index is 12.5. The minimum absolute atomic E-state index is 0.0409. The average molecular weight is 343 g/mol. The Hall–Kier alpha value is -2.70. The van der Waals surface area contributed by atoms with Crippen molar-refractivity contribution in [3.8, 4) is 0 Å². The van der Waals surface area contributed by atoms with Crippen molar-refractivity contribution in [3.63, 3.8) is 0 Å². The van der Waals surface area contributed by atoms with Gasteiger partial charge in [0.25, 0.3) is 5.91 Å². The molecule has 0 bridgehead atoms. The van der Waals surface area contributed by atoms with Crippen LogP contribution in [0.5, 0.6) is 0 Å². The van der Waals surface area contributed by atoms with Crippen LogP contribution in [0.4, 0.5) is 0 Å². The third kappa shape index (κ3) is 6.74. The van der Waals surface area contributed by atoms with Crippen LogP contribution in [0.25, 0.3) is 0 Å². The predicted molar refractivity (Wildman–Crippen MR) is 94.1 cm³/mol. The molecule has 0 aliphatic rings. The van der Waals surface area contributed by atoms with Crippen molar-refractivity contribution in [2.45, 2.75) is 39.7 Å². The number of benzene rings is 1. The van der Waals surface area contributed by atoms with Gasteiger partial charge >= 0.3 is 0 Å². The van der Waals surface area contributed by atoms with Crippen molar-refractivity contribution in [2.24, 2.45) is 5.92 Å². The second kappa shape index (κ2) is 9.56. The highest BCUT2D eigenvalue weighted by atomic mass is 16.2. The molecule has 0 fully saturated rings. The maximum Gasteiger partial charge on any atom is 0.262 e. The van der Waals surface area contributed by atoms with E-state index in [1.165, 1.54) is 22.3 Å². The molecule has 1 heterocycles. The monoisotopic (exact) mass is 343 g/mol. The number of carbonyl (C=O) groups excluding carboxylic acids is 2. The first-order chi connectivity index (χ1) is 12.0. The van der Waals surface area contributed by atoms with Gasteiger partial charge in [0.05, 0.1) is 0 Å². The van der Waals surface area contributed by atoms with E-state index in [1.807, 2.05) is 30.3 Å². The van der Waals surface area contributed by atoms with Crippen LogP contribution in [0.1, 0.15) is 32.3 Å². The van der Waals surface area contributed by atoms with Gasteiger partial charge in [0, 0.05) is 13.0 Å². The van der Waals surface area contributed by atoms with Gasteiger partial charge in [-0.25, -0.2) is 9.67 Å². The van der Waals surface area contributed by atoms with Gasteiger partial charge in [-0.05, 0) is 24.3 Å². The highest BCUT2D eigenvalue weighted by Gasteiger charge is 2.17. The van der Waals surface area contributed by atoms with Crippen molar-refractivity contribution in [1.29, 1.82) is 0 Å². The number of rotatable bonds is 8. The molecule has 0 saturated carbocycles. The molecule has 0 spiro atoms. The molecule has 25 heavy (non-hydrogen) atoms. The van der Waals surface area contributed by atoms with Gasteiger partial charge in [0.1, 0.15) is 19.2 Å². The molecule has 1 aromatic heterocycles. The summed E-state index contributed by atoms with van der Waals surface area (Å²) in [5, 5.41) is 5.33. The Balaban J connectivity index is 1.96. The maximum atomic E-state index is 12.5. The second-order valence-electron chi connectivity index (χ2n) is 6.34. The molecule has 134 valence electrons. The van der Waals surface area contributed by atoms with Crippen LogP contribution in [0.3, 0.4) is 0 Å². The third-order valence-corrected chi connectivity index (χ3v) is 3.74. The van der Waals surface area contributed by atoms with Crippen LogP contribution >= 0.6 is 0 Å². The van der Waals surface area contributed by atoms with E-state index in [2.05, 4.69) is 29.4 Å². The number of hydrazine groups is 1. The quantitative estimate of drug-likeness (QED) is 0.742. The lowest BCUT2D eigenvalue weighted by atomic mass is 10.1. The summed E-state index contributed by atoms with van der Waals surface area (Å²) in [5.41, 5.74) is 3.85. The Kier molecular flexibility index (Phi) is 7.13. The summed E-state index contributed by atoms with van der Waals surface area (Å²) in [6, 6.07) is 9.86. The van der Waals surface area contributed by atoms with E-state index in [-0.39, 0.29) is 18.4 Å². The molecule has 0 aliphatic heterocycles. The Morgan fingerprint density at radius 3 is 2.64 bits per heavy atom. The molecule has 7 heteroatoms. The largest absolute Gasteiger partial charge is 0.273 e. The summed E-state index contributed by atoms with van der Waals surface area (Å²) in [6.07, 6.45) is 4.71. The smallest absolute Gasteiger partial charge is 0.262 e. The van der Waals surface area contributed by atoms with E-state index >= 15 is 0 Å². The molecule has 7 nitrogen and oxygen atoms in total. The molecule has 1 aromatic carbocycles. The van der Waals surface area contributed by atoms with Crippen molar-refractivity contribution in [2.75, 3.05) is 6.54 Å². The number of nitrogens with zero attached hydrogens (tertiary/aromatic N) is 4. The first kappa shape index (κ1) is 18.6. The number of hydrogen-bond donors (Lipinski definition) is 1. The zero-order chi connectivity index (χ0) is 18.1. The highest BCUT2D eigenvalue weighted by molar-refractivity contribution is 5.81. The van der Waals surface area contributed by atoms with Gasteiger partial charge in [0.2, 0.25) is 5.91 Å². The molecule has 0 radical (unpaired) electrons. The Labute approximate surface area is 148 Å². The van der Waals surface area contributed by atoms with Gasteiger partial charge < -0.3 is 0 Å². The molecular weight excluding hydrogens is 318 g/mol. The SMILES string of the molecule is CC(C)CCC(=O)NN(CCc1ccccc1)C(=O)Cn1cncn1. The summed E-state index contributed by atoms with van der Waals surface area (Å²) >= 11 is 0. The summed E-state index contributed by atoms with van der Waals surface area (Å²) < 4.78 is 1.44. The normalized spacial score (nSPS) is 10.7. The van der Waals surface area contributed by atoms with E-state index in [1.54, 1.807) is 0 Å². The zero-order valence-electron chi connectivity index (χ0n) is 14.8. The van der Waals surface area contributed by atoms with Crippen LogP contribution < -0.4 is 5.43 Å². The number of carbonyl (C=O) groups is 2. The van der Waals surface area contributed by atoms with Crippen LogP contribution in [0.15, 0.2) is 43.0 Å². The number of nitrogens with one attached hydrogen (secondary N) is 1. The van der Waals surface area contributed by atoms with E-state index in [0.717, 1.165) is 12.0 Å². The minimum Gasteiger partial charge on any atom is -0.273 e. The summed E-state index contributed by atoms with van der Waals surface area (Å²) in [7, 11) is 0. The molecule has 2 rings (SSSR count). The summed E-state index contributed by atoms with van der Waals surface area (Å²) in [4.78, 5) is 28.5. The molecule has 0 atom stereocenters. The fraction of sp³-hybridized carbons (Fsp3) is 0.444. The standard InChI is InChI=1S/C18H25N5O2/c1-15(2)8-9-17(24)21-23(11-10-16-6-4-3-5-7-16)18(25)12-22-14-19-13-20-22/h3-7,13-15H,8-12H2,1-2H3,(H,21,24). The molecular formula is C18H25N5O2. The van der Waals surface area contributed by atoms with E-state index in [4.69, 9.17) is 0 Å². The van der Waals surface area contributed by atoms with Crippen molar-refractivity contribution < 1.29 is 9.59 Å². The average Bonchev–Trinajstić information content (AvgIpc) is 3.10. The van der Waals surface area contributed by atoms with Gasteiger partial charge in [-0.3, -0.25) is 20.0 Å². The minimum atomic E-state index is -0.223. The number of hydrogen-bond acceptors (Lipinski definition) is 4. The number of aromatic nitrogens is 3. The van der Waals surface area contributed by atoms with Crippen LogP contribution in [0.2, 0.25) is 0 Å². The summed E-state index contributed by atoms with van der Waals surface area (Å²) in [5.74, 6) is 0.0717. The van der Waals surface area contributed by atoms with Gasteiger partial charge in [-0.2, -0.15) is 5.10 Å². The lowest BCUT2D eigenvalue weighted by molar-refractivity contribution is -0.142. The summed E-state index contributed by atoms with van der Waals surface area (Å²) in [6.45, 7) is 4.58. The molecule has 2 aromatic rings. The first-order valence-corrected chi connectivity index (χ1v) is 8.51. The van der Waals surface area contributed by atoms with Crippen molar-refractivity contribution in [1.82, 2.24) is 25.2 Å². The van der Waals surface area contributed by atoms with Crippen LogP contribution in [-0.2, 0) is 22.6 Å². The fourth-order valence-electron chi connectivity index (χ4n) is 2.29. The predicted octanol–water partition coefficient (Wildman–Crippen LogP) is 1.82. The van der Waals surface area contributed by atoms with Gasteiger partial charge in [-0.15, -0.1) is 0 Å². The first-order valence-electron chi connectivity index (χ1n) is 8.51. The van der Waals surface area contributed by atoms with Crippen molar-refractivity contribution in [3.05, 3.63) is 48.5 Å². The lowest BCUT2D eigenvalue weighted by Gasteiger charge is -2.23. The Bertz CT molecular complexity index is 655. The Morgan fingerprint density at radius 2 is 2.00 bits per heavy atom. The van der Waals surface area contributed by atoms with Crippen LogP contribution in [-0.4, -0.2) is 38.1 Å². The molecule has 0 unspecified atom stereocenters. The second-order valence-corrected chi connectivity index (χ2v) is 6.34.